The molecule has 116 valence electrons. The number of halogens is 1. The molecule has 0 amide bonds. The van der Waals surface area contributed by atoms with E-state index in [2.05, 4.69) is 15.5 Å². The Labute approximate surface area is 133 Å². The summed E-state index contributed by atoms with van der Waals surface area (Å²) in [6.45, 7) is 0.522. The molecule has 1 aliphatic carbocycles. The molecule has 5 nitrogen and oxygen atoms in total. The number of ether oxygens (including phenoxy) is 1. The van der Waals surface area contributed by atoms with E-state index in [0.717, 1.165) is 24.2 Å². The number of benzene rings is 1. The van der Waals surface area contributed by atoms with Gasteiger partial charge in [0, 0.05) is 12.1 Å². The molecule has 0 bridgehead atoms. The Hall–Kier alpha value is -2.01. The molecule has 2 N–H and O–H groups in total. The largest absolute Gasteiger partial charge is 0.490 e. The number of hydrogen-bond donors (Lipinski definition) is 2. The van der Waals surface area contributed by atoms with Crippen LogP contribution in [0.25, 0.3) is 0 Å². The van der Waals surface area contributed by atoms with Gasteiger partial charge in [0.1, 0.15) is 10.8 Å². The van der Waals surface area contributed by atoms with Crippen LogP contribution in [0.5, 0.6) is 5.75 Å². The summed E-state index contributed by atoms with van der Waals surface area (Å²) in [6, 6.07) is 7.92. The van der Waals surface area contributed by atoms with Gasteiger partial charge in [-0.15, -0.1) is 0 Å². The number of H-pyrrole nitrogens is 1. The number of rotatable bonds is 5. The topological polar surface area (TPSA) is 67.0 Å². The third-order valence-electron chi connectivity index (χ3n) is 3.83. The highest BCUT2D eigenvalue weighted by Crippen LogP contribution is 2.27. The van der Waals surface area contributed by atoms with E-state index in [1.54, 1.807) is 0 Å². The molecule has 1 fully saturated rings. The Bertz CT molecular complexity index is 696. The number of hydrogen-bond acceptors (Lipinski definition) is 4. The lowest BCUT2D eigenvalue weighted by Crippen LogP contribution is -2.14. The van der Waals surface area contributed by atoms with Crippen molar-refractivity contribution in [3.05, 3.63) is 51.4 Å². The predicted molar refractivity (Wildman–Crippen MR) is 86.5 cm³/mol. The average molecular weight is 320 g/mol. The summed E-state index contributed by atoms with van der Waals surface area (Å²) in [6.07, 6.45) is 6.52. The Balaban J connectivity index is 1.72. The van der Waals surface area contributed by atoms with Gasteiger partial charge in [0.2, 0.25) is 0 Å². The first-order chi connectivity index (χ1) is 10.7. The molecule has 0 spiro atoms. The molecule has 1 heterocycles. The molecule has 1 aliphatic rings. The summed E-state index contributed by atoms with van der Waals surface area (Å²) < 4.78 is 6.09. The summed E-state index contributed by atoms with van der Waals surface area (Å²) >= 11 is 5.96. The smallest absolute Gasteiger partial charge is 0.285 e. The zero-order valence-corrected chi connectivity index (χ0v) is 12.9. The maximum absolute atomic E-state index is 11.4. The Morgan fingerprint density at radius 2 is 2.09 bits per heavy atom. The number of aromatic nitrogens is 2. The van der Waals surface area contributed by atoms with Crippen molar-refractivity contribution >= 4 is 17.3 Å². The third-order valence-corrected chi connectivity index (χ3v) is 4.21. The lowest BCUT2D eigenvalue weighted by molar-refractivity contribution is 0.208. The van der Waals surface area contributed by atoms with Crippen LogP contribution in [0.1, 0.15) is 31.2 Å². The molecule has 1 aromatic carbocycles. The van der Waals surface area contributed by atoms with E-state index in [-0.39, 0.29) is 5.02 Å². The zero-order chi connectivity index (χ0) is 15.4. The molecule has 2 aromatic rings. The number of anilines is 1. The van der Waals surface area contributed by atoms with E-state index in [0.29, 0.717) is 18.3 Å². The highest BCUT2D eigenvalue weighted by atomic mass is 35.5. The fourth-order valence-corrected chi connectivity index (χ4v) is 2.81. The van der Waals surface area contributed by atoms with Crippen molar-refractivity contribution in [2.24, 2.45) is 0 Å². The van der Waals surface area contributed by atoms with Gasteiger partial charge in [-0.25, -0.2) is 5.10 Å². The van der Waals surface area contributed by atoms with Crippen molar-refractivity contribution in [1.82, 2.24) is 10.2 Å². The summed E-state index contributed by atoms with van der Waals surface area (Å²) in [5.74, 6) is 0.885. The van der Waals surface area contributed by atoms with Crippen LogP contribution in [0, 0.1) is 0 Å². The molecule has 0 atom stereocenters. The predicted octanol–water partition coefficient (Wildman–Crippen LogP) is 3.36. The number of aromatic amines is 1. The second-order valence-corrected chi connectivity index (χ2v) is 5.79. The molecule has 0 aliphatic heterocycles. The molecule has 3 rings (SSSR count). The van der Waals surface area contributed by atoms with Gasteiger partial charge in [0.25, 0.3) is 5.56 Å². The highest BCUT2D eigenvalue weighted by molar-refractivity contribution is 6.32. The second-order valence-electron chi connectivity index (χ2n) is 5.41. The summed E-state index contributed by atoms with van der Waals surface area (Å²) in [4.78, 5) is 11.4. The first kappa shape index (κ1) is 14.9. The lowest BCUT2D eigenvalue weighted by Gasteiger charge is -2.17. The van der Waals surface area contributed by atoms with Crippen LogP contribution in [0.2, 0.25) is 5.02 Å². The van der Waals surface area contributed by atoms with E-state index in [9.17, 15) is 4.79 Å². The van der Waals surface area contributed by atoms with E-state index < -0.39 is 5.56 Å². The lowest BCUT2D eigenvalue weighted by atomic mass is 10.2. The van der Waals surface area contributed by atoms with Crippen molar-refractivity contribution in [2.45, 2.75) is 38.3 Å². The van der Waals surface area contributed by atoms with Crippen molar-refractivity contribution in [2.75, 3.05) is 5.32 Å². The number of nitrogens with zero attached hydrogens (tertiary/aromatic N) is 1. The second kappa shape index (κ2) is 6.83. The quantitative estimate of drug-likeness (QED) is 0.887. The monoisotopic (exact) mass is 319 g/mol. The zero-order valence-electron chi connectivity index (χ0n) is 12.1. The third kappa shape index (κ3) is 3.42. The molecule has 1 aromatic heterocycles. The molecule has 1 saturated carbocycles. The van der Waals surface area contributed by atoms with Crippen LogP contribution in [0.15, 0.2) is 35.3 Å². The van der Waals surface area contributed by atoms with E-state index in [1.807, 2.05) is 24.3 Å². The molecule has 6 heteroatoms. The Kier molecular flexibility index (Phi) is 4.63. The number of para-hydroxylation sites is 1. The maximum atomic E-state index is 11.4. The SMILES string of the molecule is O=c1[nH]ncc(NCc2ccccc2OC2CCCC2)c1Cl. The van der Waals surface area contributed by atoms with Gasteiger partial charge in [-0.2, -0.15) is 5.10 Å². The molecule has 22 heavy (non-hydrogen) atoms. The summed E-state index contributed by atoms with van der Waals surface area (Å²) in [5.41, 5.74) is 1.15. The van der Waals surface area contributed by atoms with Crippen LogP contribution in [-0.4, -0.2) is 16.3 Å². The van der Waals surface area contributed by atoms with E-state index >= 15 is 0 Å². The van der Waals surface area contributed by atoms with Gasteiger partial charge >= 0.3 is 0 Å². The standard InChI is InChI=1S/C16H18ClN3O2/c17-15-13(10-19-20-16(15)21)18-9-11-5-1-4-8-14(11)22-12-6-2-3-7-12/h1,4-5,8,10,12H,2-3,6-7,9H2,(H2,18,20,21). The van der Waals surface area contributed by atoms with Gasteiger partial charge in [-0.3, -0.25) is 4.79 Å². The first-order valence-electron chi connectivity index (χ1n) is 7.45. The van der Waals surface area contributed by atoms with Crippen molar-refractivity contribution in [3.8, 4) is 5.75 Å². The fourth-order valence-electron chi connectivity index (χ4n) is 2.65. The van der Waals surface area contributed by atoms with Crippen molar-refractivity contribution in [3.63, 3.8) is 0 Å². The van der Waals surface area contributed by atoms with Crippen LogP contribution in [0.3, 0.4) is 0 Å². The summed E-state index contributed by atoms with van der Waals surface area (Å²) in [7, 11) is 0. The van der Waals surface area contributed by atoms with E-state index in [4.69, 9.17) is 16.3 Å². The Morgan fingerprint density at radius 3 is 2.91 bits per heavy atom. The van der Waals surface area contributed by atoms with Crippen molar-refractivity contribution in [1.29, 1.82) is 0 Å². The molecule has 0 unspecified atom stereocenters. The average Bonchev–Trinajstić information content (AvgIpc) is 3.03. The summed E-state index contributed by atoms with van der Waals surface area (Å²) in [5, 5.41) is 9.30. The normalized spacial score (nSPS) is 15.0. The van der Waals surface area contributed by atoms with Crippen LogP contribution in [0.4, 0.5) is 5.69 Å². The van der Waals surface area contributed by atoms with Gasteiger partial charge in [0.05, 0.1) is 18.0 Å². The molecule has 0 saturated heterocycles. The van der Waals surface area contributed by atoms with Gasteiger partial charge in [-0.05, 0) is 31.7 Å². The first-order valence-corrected chi connectivity index (χ1v) is 7.83. The molecule has 0 radical (unpaired) electrons. The van der Waals surface area contributed by atoms with Crippen LogP contribution < -0.4 is 15.6 Å². The van der Waals surface area contributed by atoms with Gasteiger partial charge in [0.15, 0.2) is 0 Å². The van der Waals surface area contributed by atoms with Gasteiger partial charge < -0.3 is 10.1 Å². The van der Waals surface area contributed by atoms with Crippen LogP contribution in [-0.2, 0) is 6.54 Å². The van der Waals surface area contributed by atoms with Crippen LogP contribution >= 0.6 is 11.6 Å². The highest BCUT2D eigenvalue weighted by Gasteiger charge is 2.17. The minimum atomic E-state index is -0.401. The molecular weight excluding hydrogens is 302 g/mol. The number of nitrogens with one attached hydrogen (secondary N) is 2. The minimum Gasteiger partial charge on any atom is -0.490 e. The Morgan fingerprint density at radius 1 is 1.32 bits per heavy atom. The molecular formula is C16H18ClN3O2. The fraction of sp³-hybridized carbons (Fsp3) is 0.375. The van der Waals surface area contributed by atoms with E-state index in [1.165, 1.54) is 19.0 Å². The van der Waals surface area contributed by atoms with Crippen molar-refractivity contribution < 1.29 is 4.74 Å². The maximum Gasteiger partial charge on any atom is 0.285 e. The van der Waals surface area contributed by atoms with Gasteiger partial charge in [-0.1, -0.05) is 29.8 Å². The minimum absolute atomic E-state index is 0.115.